The molecule has 0 bridgehead atoms. The van der Waals surface area contributed by atoms with E-state index in [0.29, 0.717) is 36.7 Å². The number of aliphatic hydroxyl groups excluding tert-OH is 6. The summed E-state index contributed by atoms with van der Waals surface area (Å²) in [6.45, 7) is 9.97. The number of rotatable bonds is 9. The molecule has 5 saturated carbocycles. The Kier molecular flexibility index (Phi) is 11.0. The molecule has 7 N–H and O–H groups in total. The second-order valence-corrected chi connectivity index (χ2v) is 20.1. The molecule has 0 aromatic rings. The van der Waals surface area contributed by atoms with Gasteiger partial charge in [-0.3, -0.25) is 4.79 Å². The smallest absolute Gasteiger partial charge is 0.337 e. The molecule has 8 aliphatic rings. The van der Waals surface area contributed by atoms with Crippen LogP contribution in [0.2, 0.25) is 0 Å². The van der Waals surface area contributed by atoms with E-state index in [2.05, 4.69) is 25.5 Å². The van der Waals surface area contributed by atoms with E-state index in [-0.39, 0.29) is 45.6 Å². The number of carboxylic acid groups (broad SMARTS) is 1. The Morgan fingerprint density at radius 1 is 0.831 bits per heavy atom. The Morgan fingerprint density at radius 2 is 1.53 bits per heavy atom. The monoisotopic (exact) mass is 836 g/mol. The van der Waals surface area contributed by atoms with Crippen molar-refractivity contribution in [2.75, 3.05) is 13.7 Å². The average Bonchev–Trinajstić information content (AvgIpc) is 3.80. The fourth-order valence-electron chi connectivity index (χ4n) is 14.6. The SMILES string of the molecule is COC(=O)C1OC(OC2C(OC3CCC45CC46CCC4(C)C(C(C)C7CC=C(C)C(=O)O7)CCC4(C)C6CCC5C3(C)C(=O)O)OC(CO)C(O)C2O)C(O)C(O)C1O. The molecule has 7 fully saturated rings. The molecule has 16 heteroatoms. The molecule has 0 aromatic carbocycles. The Balaban J connectivity index is 1.04. The third-order valence-corrected chi connectivity index (χ3v) is 18.1. The lowest BCUT2D eigenvalue weighted by atomic mass is 9.41. The van der Waals surface area contributed by atoms with Crippen molar-refractivity contribution in [1.82, 2.24) is 0 Å². The molecule has 2 saturated heterocycles. The predicted octanol–water partition coefficient (Wildman–Crippen LogP) is 1.58. The Labute approximate surface area is 344 Å². The van der Waals surface area contributed by atoms with Crippen molar-refractivity contribution in [3.05, 3.63) is 11.6 Å². The number of fused-ring (bicyclic) bond motifs is 2. The fourth-order valence-corrected chi connectivity index (χ4v) is 14.6. The van der Waals surface area contributed by atoms with Crippen LogP contribution >= 0.6 is 0 Å². The van der Waals surface area contributed by atoms with Crippen molar-refractivity contribution < 1.29 is 78.6 Å². The summed E-state index contributed by atoms with van der Waals surface area (Å²) < 4.78 is 34.6. The number of cyclic esters (lactones) is 1. The van der Waals surface area contributed by atoms with Crippen molar-refractivity contribution in [3.63, 3.8) is 0 Å². The standard InChI is InChI=1S/C43H64O16/c1-19-7-8-22(55-34(19)50)20(2)21-11-13-40(4)24-9-10-25-41(5,38(52)53)26(12-14-42(25)18-43(24,42)16-15-39(21,40)3)57-37-33(29(47)27(45)23(17-44)56-37)59-36-31(49)28(46)30(48)32(58-36)35(51)54-6/h7,20-33,36-37,44-49H,8-18H2,1-6H3,(H,52,53). The van der Waals surface area contributed by atoms with E-state index < -0.39 is 91.5 Å². The van der Waals surface area contributed by atoms with Gasteiger partial charge in [-0.05, 0) is 117 Å². The van der Waals surface area contributed by atoms with E-state index in [1.165, 1.54) is 0 Å². The second-order valence-electron chi connectivity index (χ2n) is 20.1. The molecule has 0 aromatic heterocycles. The van der Waals surface area contributed by atoms with Crippen LogP contribution in [0.4, 0.5) is 0 Å². The number of ether oxygens (including phenoxy) is 6. The van der Waals surface area contributed by atoms with Gasteiger partial charge in [-0.2, -0.15) is 0 Å². The summed E-state index contributed by atoms with van der Waals surface area (Å²) in [5.74, 6) is -1.59. The summed E-state index contributed by atoms with van der Waals surface area (Å²) in [6.07, 6.45) is -8.24. The highest BCUT2D eigenvalue weighted by Gasteiger charge is 2.83. The van der Waals surface area contributed by atoms with Gasteiger partial charge >= 0.3 is 17.9 Å². The van der Waals surface area contributed by atoms with Gasteiger partial charge in [0.05, 0.1) is 25.2 Å². The van der Waals surface area contributed by atoms with E-state index >= 15 is 0 Å². The number of esters is 2. The molecule has 21 atom stereocenters. The van der Waals surface area contributed by atoms with Crippen molar-refractivity contribution in [2.45, 2.75) is 172 Å². The summed E-state index contributed by atoms with van der Waals surface area (Å²) in [5, 5.41) is 75.3. The molecule has 5 aliphatic carbocycles. The molecule has 332 valence electrons. The number of methoxy groups -OCH3 is 1. The number of aliphatic hydroxyl groups is 6. The molecule has 8 rings (SSSR count). The van der Waals surface area contributed by atoms with Crippen LogP contribution in [0.25, 0.3) is 0 Å². The molecule has 3 aliphatic heterocycles. The molecule has 3 heterocycles. The lowest BCUT2D eigenvalue weighted by Crippen LogP contribution is -2.66. The number of hydrogen-bond acceptors (Lipinski definition) is 15. The lowest BCUT2D eigenvalue weighted by molar-refractivity contribution is -0.374. The maximum Gasteiger partial charge on any atom is 0.337 e. The van der Waals surface area contributed by atoms with E-state index in [1.807, 2.05) is 6.08 Å². The molecule has 0 amide bonds. The van der Waals surface area contributed by atoms with Gasteiger partial charge in [-0.15, -0.1) is 0 Å². The zero-order valence-electron chi connectivity index (χ0n) is 34.9. The first-order chi connectivity index (χ1) is 27.8. The van der Waals surface area contributed by atoms with Gasteiger partial charge < -0.3 is 64.2 Å². The average molecular weight is 837 g/mol. The van der Waals surface area contributed by atoms with Gasteiger partial charge in [0.2, 0.25) is 0 Å². The molecule has 0 radical (unpaired) electrons. The van der Waals surface area contributed by atoms with Gasteiger partial charge in [0.1, 0.15) is 48.8 Å². The highest BCUT2D eigenvalue weighted by molar-refractivity contribution is 5.88. The quantitative estimate of drug-likeness (QED) is 0.129. The van der Waals surface area contributed by atoms with Crippen LogP contribution in [0.1, 0.15) is 98.8 Å². The first kappa shape index (κ1) is 43.4. The lowest BCUT2D eigenvalue weighted by Gasteiger charge is -2.63. The van der Waals surface area contributed by atoms with Crippen LogP contribution in [0.15, 0.2) is 11.6 Å². The molecular weight excluding hydrogens is 772 g/mol. The summed E-state index contributed by atoms with van der Waals surface area (Å²) in [4.78, 5) is 38.6. The third-order valence-electron chi connectivity index (χ3n) is 18.1. The largest absolute Gasteiger partial charge is 0.481 e. The minimum atomic E-state index is -1.93. The number of carbonyl (C=O) groups excluding carboxylic acids is 2. The number of hydrogen-bond donors (Lipinski definition) is 7. The fraction of sp³-hybridized carbons (Fsp3) is 0.884. The van der Waals surface area contributed by atoms with Crippen LogP contribution in [0.3, 0.4) is 0 Å². The van der Waals surface area contributed by atoms with Crippen molar-refractivity contribution in [1.29, 1.82) is 0 Å². The highest BCUT2D eigenvalue weighted by Crippen LogP contribution is 2.89. The first-order valence-corrected chi connectivity index (χ1v) is 21.6. The van der Waals surface area contributed by atoms with E-state index in [1.54, 1.807) is 13.8 Å². The second kappa shape index (κ2) is 14.9. The Hall–Kier alpha value is -2.25. The first-order valence-electron chi connectivity index (χ1n) is 21.6. The maximum absolute atomic E-state index is 13.7. The van der Waals surface area contributed by atoms with Crippen LogP contribution in [0, 0.1) is 50.7 Å². The normalized spacial score (nSPS) is 53.4. The minimum Gasteiger partial charge on any atom is -0.481 e. The van der Waals surface area contributed by atoms with Crippen LogP contribution < -0.4 is 0 Å². The van der Waals surface area contributed by atoms with E-state index in [4.69, 9.17) is 23.7 Å². The zero-order valence-corrected chi connectivity index (χ0v) is 34.9. The van der Waals surface area contributed by atoms with Crippen molar-refractivity contribution in [3.8, 4) is 0 Å². The number of carboxylic acids is 1. The van der Waals surface area contributed by atoms with Gasteiger partial charge in [0.15, 0.2) is 18.7 Å². The predicted molar refractivity (Wildman–Crippen MR) is 202 cm³/mol. The summed E-state index contributed by atoms with van der Waals surface area (Å²) in [7, 11) is 1.04. The summed E-state index contributed by atoms with van der Waals surface area (Å²) >= 11 is 0. The Bertz CT molecular complexity index is 1710. The van der Waals surface area contributed by atoms with Crippen molar-refractivity contribution in [2.24, 2.45) is 50.7 Å². The molecular formula is C43H64O16. The van der Waals surface area contributed by atoms with Crippen LogP contribution in [0.5, 0.6) is 0 Å². The number of carbonyl (C=O) groups is 3. The van der Waals surface area contributed by atoms with Gasteiger partial charge in [-0.1, -0.05) is 26.8 Å². The molecule has 59 heavy (non-hydrogen) atoms. The highest BCUT2D eigenvalue weighted by atomic mass is 16.8. The summed E-state index contributed by atoms with van der Waals surface area (Å²) in [5.41, 5.74) is -0.943. The van der Waals surface area contributed by atoms with E-state index in [9.17, 15) is 50.1 Å². The van der Waals surface area contributed by atoms with E-state index in [0.717, 1.165) is 52.1 Å². The van der Waals surface area contributed by atoms with Gasteiger partial charge in [0.25, 0.3) is 0 Å². The van der Waals surface area contributed by atoms with Gasteiger partial charge in [0, 0.05) is 12.0 Å². The minimum absolute atomic E-state index is 0.0214. The number of aliphatic carboxylic acids is 1. The topological polar surface area (TPSA) is 248 Å². The Morgan fingerprint density at radius 3 is 2.19 bits per heavy atom. The van der Waals surface area contributed by atoms with Crippen molar-refractivity contribution >= 4 is 17.9 Å². The van der Waals surface area contributed by atoms with Gasteiger partial charge in [-0.25, -0.2) is 9.59 Å². The van der Waals surface area contributed by atoms with Crippen LogP contribution in [-0.2, 0) is 42.8 Å². The molecule has 16 nitrogen and oxygen atoms in total. The summed E-state index contributed by atoms with van der Waals surface area (Å²) in [6, 6.07) is 0. The zero-order chi connectivity index (χ0) is 42.8. The molecule has 21 unspecified atom stereocenters. The van der Waals surface area contributed by atoms with Crippen LogP contribution in [-0.4, -0.2) is 141 Å². The molecule has 2 spiro atoms. The maximum atomic E-state index is 13.7. The third kappa shape index (κ3) is 6.08.